The molecule has 0 aliphatic heterocycles. The molecule has 0 atom stereocenters. The molecule has 0 heterocycles. The highest BCUT2D eigenvalue weighted by atomic mass is 16.1. The first-order chi connectivity index (χ1) is 2.91. The second-order valence-electron chi connectivity index (χ2n) is 0.576. The van der Waals surface area contributed by atoms with Crippen LogP contribution in [-0.2, 0) is 4.79 Å². The smallest absolute Gasteiger partial charge is 0.275 e. The van der Waals surface area contributed by atoms with Gasteiger partial charge in [0.05, 0.1) is 0 Å². The summed E-state index contributed by atoms with van der Waals surface area (Å²) in [5.74, 6) is 4.31. The summed E-state index contributed by atoms with van der Waals surface area (Å²) in [4.78, 5) is 9.22. The maximum absolute atomic E-state index is 9.22. The van der Waals surface area contributed by atoms with Crippen LogP contribution in [0.4, 0.5) is 0 Å². The zero-order chi connectivity index (χ0) is 4.83. The molecule has 6 heavy (non-hydrogen) atoms. The number of allylic oxidation sites excluding steroid dienone is 1. The van der Waals surface area contributed by atoms with Crippen molar-refractivity contribution in [3.05, 3.63) is 12.7 Å². The van der Waals surface area contributed by atoms with E-state index in [1.165, 1.54) is 12.4 Å². The third-order valence-corrected chi connectivity index (χ3v) is 0.225. The van der Waals surface area contributed by atoms with Gasteiger partial charge in [0.1, 0.15) is 0 Å². The Hall–Kier alpha value is -1.03. The lowest BCUT2D eigenvalue weighted by Crippen LogP contribution is -1.53. The molecule has 29 valence electrons. The maximum atomic E-state index is 9.22. The SMILES string of the molecule is C=CC#C[C]=O. The molecular formula is C5H3O. The average molecular weight is 79.1 g/mol. The third kappa shape index (κ3) is 2.97. The summed E-state index contributed by atoms with van der Waals surface area (Å²) in [6.07, 6.45) is 2.72. The van der Waals surface area contributed by atoms with Crippen molar-refractivity contribution < 1.29 is 4.79 Å². The predicted molar refractivity (Wildman–Crippen MR) is 23.7 cm³/mol. The number of rotatable bonds is 0. The monoisotopic (exact) mass is 79.0 g/mol. The number of hydrogen-bond donors (Lipinski definition) is 0. The standard InChI is InChI=1S/C5H3O/c1-2-3-4-5-6/h2H,1H2. The Morgan fingerprint density at radius 3 is 2.50 bits per heavy atom. The van der Waals surface area contributed by atoms with Crippen LogP contribution in [0.1, 0.15) is 0 Å². The third-order valence-electron chi connectivity index (χ3n) is 0.225. The molecule has 0 aromatic rings. The highest BCUT2D eigenvalue weighted by Gasteiger charge is 1.51. The number of hydrogen-bond acceptors (Lipinski definition) is 1. The summed E-state index contributed by atoms with van der Waals surface area (Å²) in [6, 6.07) is 0. The van der Waals surface area contributed by atoms with Gasteiger partial charge in [-0.1, -0.05) is 12.5 Å². The van der Waals surface area contributed by atoms with Crippen molar-refractivity contribution in [3.8, 4) is 11.8 Å². The van der Waals surface area contributed by atoms with E-state index >= 15 is 0 Å². The van der Waals surface area contributed by atoms with Crippen LogP contribution in [0.25, 0.3) is 0 Å². The molecule has 0 amide bonds. The van der Waals surface area contributed by atoms with Crippen LogP contribution in [0.5, 0.6) is 0 Å². The fraction of sp³-hybridized carbons (Fsp3) is 0. The molecule has 0 N–H and O–H groups in total. The van der Waals surface area contributed by atoms with E-state index in [0.717, 1.165) is 0 Å². The molecular weight excluding hydrogens is 76.1 g/mol. The summed E-state index contributed by atoms with van der Waals surface area (Å²) in [5, 5.41) is 0. The van der Waals surface area contributed by atoms with E-state index in [0.29, 0.717) is 0 Å². The van der Waals surface area contributed by atoms with Gasteiger partial charge in [0, 0.05) is 0 Å². The van der Waals surface area contributed by atoms with Crippen LogP contribution >= 0.6 is 0 Å². The first-order valence-electron chi connectivity index (χ1n) is 1.40. The Bertz CT molecular complexity index is 90.8. The Kier molecular flexibility index (Phi) is 3.29. The minimum Gasteiger partial charge on any atom is -0.275 e. The second-order valence-corrected chi connectivity index (χ2v) is 0.576. The molecule has 0 saturated heterocycles. The van der Waals surface area contributed by atoms with E-state index in [1.807, 2.05) is 5.92 Å². The van der Waals surface area contributed by atoms with Crippen molar-refractivity contribution in [2.24, 2.45) is 0 Å². The van der Waals surface area contributed by atoms with Crippen molar-refractivity contribution in [1.29, 1.82) is 0 Å². The van der Waals surface area contributed by atoms with E-state index in [9.17, 15) is 4.79 Å². The second kappa shape index (κ2) is 3.97. The lowest BCUT2D eigenvalue weighted by Gasteiger charge is -1.46. The van der Waals surface area contributed by atoms with Gasteiger partial charge in [-0.15, -0.1) is 0 Å². The predicted octanol–water partition coefficient (Wildman–Crippen LogP) is 0.285. The van der Waals surface area contributed by atoms with E-state index < -0.39 is 0 Å². The Morgan fingerprint density at radius 2 is 2.33 bits per heavy atom. The molecule has 0 saturated carbocycles. The normalized spacial score (nSPS) is 4.67. The summed E-state index contributed by atoms with van der Waals surface area (Å²) < 4.78 is 0. The van der Waals surface area contributed by atoms with Crippen LogP contribution in [0, 0.1) is 11.8 Å². The molecule has 1 heteroatoms. The van der Waals surface area contributed by atoms with Gasteiger partial charge >= 0.3 is 0 Å². The van der Waals surface area contributed by atoms with Gasteiger partial charge in [0.2, 0.25) is 0 Å². The summed E-state index contributed by atoms with van der Waals surface area (Å²) in [7, 11) is 0. The summed E-state index contributed by atoms with van der Waals surface area (Å²) in [6.45, 7) is 3.25. The fourth-order valence-corrected chi connectivity index (χ4v) is 0.0805. The topological polar surface area (TPSA) is 17.1 Å². The quantitative estimate of drug-likeness (QED) is 0.381. The first-order valence-corrected chi connectivity index (χ1v) is 1.40. The Labute approximate surface area is 36.7 Å². The molecule has 0 spiro atoms. The molecule has 1 nitrogen and oxygen atoms in total. The lowest BCUT2D eigenvalue weighted by atomic mass is 10.6. The van der Waals surface area contributed by atoms with Gasteiger partial charge in [-0.3, -0.25) is 4.79 Å². The molecule has 0 aliphatic rings. The highest BCUT2D eigenvalue weighted by molar-refractivity contribution is 5.73. The van der Waals surface area contributed by atoms with Crippen LogP contribution in [0.3, 0.4) is 0 Å². The summed E-state index contributed by atoms with van der Waals surface area (Å²) in [5.41, 5.74) is 0. The lowest BCUT2D eigenvalue weighted by molar-refractivity contribution is 0.566. The van der Waals surface area contributed by atoms with Crippen molar-refractivity contribution >= 4 is 6.29 Å². The van der Waals surface area contributed by atoms with Crippen LogP contribution < -0.4 is 0 Å². The van der Waals surface area contributed by atoms with E-state index in [2.05, 4.69) is 12.5 Å². The minimum absolute atomic E-state index is 1.34. The number of carbonyl (C=O) groups excluding carboxylic acids is 1. The maximum Gasteiger partial charge on any atom is 0.285 e. The molecule has 1 radical (unpaired) electrons. The van der Waals surface area contributed by atoms with E-state index in [1.54, 1.807) is 0 Å². The van der Waals surface area contributed by atoms with Crippen LogP contribution in [-0.4, -0.2) is 6.29 Å². The Morgan fingerprint density at radius 1 is 1.67 bits per heavy atom. The van der Waals surface area contributed by atoms with Gasteiger partial charge in [-0.2, -0.15) is 0 Å². The zero-order valence-electron chi connectivity index (χ0n) is 3.19. The fourth-order valence-electron chi connectivity index (χ4n) is 0.0805. The van der Waals surface area contributed by atoms with E-state index in [4.69, 9.17) is 0 Å². The van der Waals surface area contributed by atoms with Crippen LogP contribution in [0.15, 0.2) is 12.7 Å². The molecule has 0 bridgehead atoms. The molecule has 0 aromatic heterocycles. The van der Waals surface area contributed by atoms with Gasteiger partial charge in [0.25, 0.3) is 6.29 Å². The molecule has 0 unspecified atom stereocenters. The first kappa shape index (κ1) is 4.97. The molecule has 0 aliphatic carbocycles. The van der Waals surface area contributed by atoms with Crippen molar-refractivity contribution in [2.75, 3.05) is 0 Å². The van der Waals surface area contributed by atoms with Gasteiger partial charge < -0.3 is 0 Å². The zero-order valence-corrected chi connectivity index (χ0v) is 3.19. The van der Waals surface area contributed by atoms with Crippen molar-refractivity contribution in [1.82, 2.24) is 0 Å². The minimum atomic E-state index is 1.34. The van der Waals surface area contributed by atoms with Crippen molar-refractivity contribution in [3.63, 3.8) is 0 Å². The Balaban J connectivity index is 3.39. The largest absolute Gasteiger partial charge is 0.285 e. The van der Waals surface area contributed by atoms with Crippen LogP contribution in [0.2, 0.25) is 0 Å². The molecule has 0 rings (SSSR count). The summed E-state index contributed by atoms with van der Waals surface area (Å²) >= 11 is 0. The van der Waals surface area contributed by atoms with Gasteiger partial charge in [-0.25, -0.2) is 0 Å². The molecule has 0 fully saturated rings. The average Bonchev–Trinajstić information content (AvgIpc) is 1.61. The van der Waals surface area contributed by atoms with Gasteiger partial charge in [-0.05, 0) is 12.0 Å². The highest BCUT2D eigenvalue weighted by Crippen LogP contribution is 1.48. The van der Waals surface area contributed by atoms with E-state index in [-0.39, 0.29) is 0 Å². The van der Waals surface area contributed by atoms with Crippen molar-refractivity contribution in [2.45, 2.75) is 0 Å². The van der Waals surface area contributed by atoms with Gasteiger partial charge in [0.15, 0.2) is 0 Å². The molecule has 0 aromatic carbocycles.